The molecule has 2 rings (SSSR count). The van der Waals surface area contributed by atoms with E-state index in [-0.39, 0.29) is 6.10 Å². The first-order valence-electron chi connectivity index (χ1n) is 6.18. The van der Waals surface area contributed by atoms with Gasteiger partial charge in [-0.3, -0.25) is 0 Å². The molecule has 0 saturated heterocycles. The van der Waals surface area contributed by atoms with Crippen LogP contribution in [0.4, 0.5) is 0 Å². The summed E-state index contributed by atoms with van der Waals surface area (Å²) in [5.41, 5.74) is -0.541. The lowest BCUT2D eigenvalue weighted by atomic mass is 10.1. The van der Waals surface area contributed by atoms with Gasteiger partial charge in [0.1, 0.15) is 5.60 Å². The molecule has 1 atom stereocenters. The highest BCUT2D eigenvalue weighted by molar-refractivity contribution is 4.99. The van der Waals surface area contributed by atoms with Crippen LogP contribution in [-0.4, -0.2) is 28.0 Å². The van der Waals surface area contributed by atoms with Crippen molar-refractivity contribution in [2.75, 3.05) is 6.61 Å². The van der Waals surface area contributed by atoms with Crippen molar-refractivity contribution in [2.45, 2.75) is 51.7 Å². The standard InChI is InChI=1S/C12H20N2O3/c1-4-16-12(2,3)11-13-10(17-14-11)7-9(15)8-5-6-8/h8-9,15H,4-7H2,1-3H3. The average Bonchev–Trinajstić information content (AvgIpc) is 2.99. The monoisotopic (exact) mass is 240 g/mol. The van der Waals surface area contributed by atoms with Crippen LogP contribution in [0.1, 0.15) is 45.3 Å². The Kier molecular flexibility index (Phi) is 3.49. The van der Waals surface area contributed by atoms with Gasteiger partial charge in [-0.25, -0.2) is 0 Å². The lowest BCUT2D eigenvalue weighted by Gasteiger charge is -2.19. The van der Waals surface area contributed by atoms with Crippen molar-refractivity contribution in [3.05, 3.63) is 11.7 Å². The summed E-state index contributed by atoms with van der Waals surface area (Å²) in [5, 5.41) is 13.7. The summed E-state index contributed by atoms with van der Waals surface area (Å²) < 4.78 is 10.7. The smallest absolute Gasteiger partial charge is 0.229 e. The van der Waals surface area contributed by atoms with E-state index >= 15 is 0 Å². The maximum absolute atomic E-state index is 9.80. The van der Waals surface area contributed by atoms with Crippen molar-refractivity contribution in [1.29, 1.82) is 0 Å². The number of rotatable bonds is 6. The maximum atomic E-state index is 9.80. The number of aliphatic hydroxyl groups excluding tert-OH is 1. The van der Waals surface area contributed by atoms with Crippen LogP contribution in [-0.2, 0) is 16.8 Å². The summed E-state index contributed by atoms with van der Waals surface area (Å²) >= 11 is 0. The second-order valence-corrected chi connectivity index (χ2v) is 5.06. The second-order valence-electron chi connectivity index (χ2n) is 5.06. The van der Waals surface area contributed by atoms with Crippen molar-refractivity contribution in [2.24, 2.45) is 5.92 Å². The maximum Gasteiger partial charge on any atom is 0.229 e. The van der Waals surface area contributed by atoms with Crippen LogP contribution in [0.5, 0.6) is 0 Å². The fraction of sp³-hybridized carbons (Fsp3) is 0.833. The summed E-state index contributed by atoms with van der Waals surface area (Å²) in [4.78, 5) is 4.29. The third kappa shape index (κ3) is 3.04. The van der Waals surface area contributed by atoms with Crippen LogP contribution < -0.4 is 0 Å². The Balaban J connectivity index is 1.99. The molecule has 1 unspecified atom stereocenters. The van der Waals surface area contributed by atoms with Crippen LogP contribution in [0.3, 0.4) is 0 Å². The van der Waals surface area contributed by atoms with Gasteiger partial charge >= 0.3 is 0 Å². The van der Waals surface area contributed by atoms with E-state index in [0.717, 1.165) is 12.8 Å². The molecule has 0 amide bonds. The largest absolute Gasteiger partial charge is 0.392 e. The zero-order valence-electron chi connectivity index (χ0n) is 10.6. The average molecular weight is 240 g/mol. The zero-order valence-corrected chi connectivity index (χ0v) is 10.6. The van der Waals surface area contributed by atoms with Gasteiger partial charge in [0.25, 0.3) is 0 Å². The van der Waals surface area contributed by atoms with E-state index in [1.54, 1.807) is 0 Å². The number of aliphatic hydroxyl groups is 1. The van der Waals surface area contributed by atoms with Crippen LogP contribution in [0.2, 0.25) is 0 Å². The second kappa shape index (κ2) is 4.74. The van der Waals surface area contributed by atoms with Gasteiger partial charge in [-0.05, 0) is 39.5 Å². The Bertz CT molecular complexity index is 372. The van der Waals surface area contributed by atoms with Crippen molar-refractivity contribution in [3.8, 4) is 0 Å². The molecular formula is C12H20N2O3. The highest BCUT2D eigenvalue weighted by Crippen LogP contribution is 2.34. The van der Waals surface area contributed by atoms with E-state index in [9.17, 15) is 5.11 Å². The molecule has 1 aliphatic carbocycles. The molecule has 5 nitrogen and oxygen atoms in total. The lowest BCUT2D eigenvalue weighted by molar-refractivity contribution is -0.0221. The molecule has 0 aliphatic heterocycles. The summed E-state index contributed by atoms with van der Waals surface area (Å²) in [7, 11) is 0. The number of nitrogens with zero attached hydrogens (tertiary/aromatic N) is 2. The Labute approximate surface area is 101 Å². The molecular weight excluding hydrogens is 220 g/mol. The van der Waals surface area contributed by atoms with Gasteiger partial charge in [0.15, 0.2) is 0 Å². The minimum atomic E-state index is -0.541. The fourth-order valence-corrected chi connectivity index (χ4v) is 1.83. The zero-order chi connectivity index (χ0) is 12.5. The van der Waals surface area contributed by atoms with E-state index in [1.807, 2.05) is 20.8 Å². The number of aromatic nitrogens is 2. The number of hydrogen-bond acceptors (Lipinski definition) is 5. The highest BCUT2D eigenvalue weighted by Gasteiger charge is 2.32. The summed E-state index contributed by atoms with van der Waals surface area (Å²) in [6.07, 6.45) is 2.30. The molecule has 0 radical (unpaired) electrons. The van der Waals surface area contributed by atoms with Gasteiger partial charge < -0.3 is 14.4 Å². The molecule has 0 aromatic carbocycles. The Morgan fingerprint density at radius 3 is 2.82 bits per heavy atom. The fourth-order valence-electron chi connectivity index (χ4n) is 1.83. The third-order valence-corrected chi connectivity index (χ3v) is 3.06. The van der Waals surface area contributed by atoms with Gasteiger partial charge in [-0.1, -0.05) is 5.16 Å². The predicted molar refractivity (Wildman–Crippen MR) is 61.4 cm³/mol. The van der Waals surface area contributed by atoms with Gasteiger partial charge in [-0.15, -0.1) is 0 Å². The molecule has 1 N–H and O–H groups in total. The van der Waals surface area contributed by atoms with Crippen LogP contribution >= 0.6 is 0 Å². The van der Waals surface area contributed by atoms with Crippen LogP contribution in [0.15, 0.2) is 4.52 Å². The Morgan fingerprint density at radius 1 is 1.53 bits per heavy atom. The van der Waals surface area contributed by atoms with Crippen LogP contribution in [0, 0.1) is 5.92 Å². The molecule has 1 saturated carbocycles. The summed E-state index contributed by atoms with van der Waals surface area (Å²) in [6.45, 7) is 6.34. The minimum absolute atomic E-state index is 0.349. The molecule has 0 bridgehead atoms. The first kappa shape index (κ1) is 12.5. The quantitative estimate of drug-likeness (QED) is 0.819. The van der Waals surface area contributed by atoms with Gasteiger partial charge in [0, 0.05) is 6.61 Å². The van der Waals surface area contributed by atoms with E-state index in [2.05, 4.69) is 10.1 Å². The number of ether oxygens (including phenoxy) is 1. The third-order valence-electron chi connectivity index (χ3n) is 3.06. The summed E-state index contributed by atoms with van der Waals surface area (Å²) in [6, 6.07) is 0. The van der Waals surface area contributed by atoms with Crippen LogP contribution in [0.25, 0.3) is 0 Å². The molecule has 5 heteroatoms. The molecule has 0 spiro atoms. The first-order chi connectivity index (χ1) is 8.03. The molecule has 17 heavy (non-hydrogen) atoms. The molecule has 1 aromatic rings. The molecule has 96 valence electrons. The van der Waals surface area contributed by atoms with Gasteiger partial charge in [0.05, 0.1) is 12.5 Å². The van der Waals surface area contributed by atoms with Crippen molar-refractivity contribution < 1.29 is 14.4 Å². The summed E-state index contributed by atoms with van der Waals surface area (Å²) in [5.74, 6) is 1.45. The number of hydrogen-bond donors (Lipinski definition) is 1. The van der Waals surface area contributed by atoms with Gasteiger partial charge in [-0.2, -0.15) is 4.98 Å². The van der Waals surface area contributed by atoms with Crippen molar-refractivity contribution in [1.82, 2.24) is 10.1 Å². The normalized spacial score (nSPS) is 18.4. The minimum Gasteiger partial charge on any atom is -0.392 e. The first-order valence-corrected chi connectivity index (χ1v) is 6.18. The van der Waals surface area contributed by atoms with E-state index in [0.29, 0.717) is 30.7 Å². The topological polar surface area (TPSA) is 68.4 Å². The van der Waals surface area contributed by atoms with E-state index in [4.69, 9.17) is 9.26 Å². The molecule has 1 aliphatic rings. The predicted octanol–water partition coefficient (Wildman–Crippen LogP) is 1.65. The SMILES string of the molecule is CCOC(C)(C)c1noc(CC(O)C2CC2)n1. The lowest BCUT2D eigenvalue weighted by Crippen LogP contribution is -2.23. The van der Waals surface area contributed by atoms with Crippen molar-refractivity contribution in [3.63, 3.8) is 0 Å². The highest BCUT2D eigenvalue weighted by atomic mass is 16.5. The molecule has 1 heterocycles. The van der Waals surface area contributed by atoms with Gasteiger partial charge in [0.2, 0.25) is 11.7 Å². The molecule has 1 fully saturated rings. The Morgan fingerprint density at radius 2 is 2.24 bits per heavy atom. The molecule has 1 aromatic heterocycles. The van der Waals surface area contributed by atoms with Crippen molar-refractivity contribution >= 4 is 0 Å². The van der Waals surface area contributed by atoms with E-state index in [1.165, 1.54) is 0 Å². The Hall–Kier alpha value is -0.940. The van der Waals surface area contributed by atoms with E-state index < -0.39 is 5.60 Å².